The van der Waals surface area contributed by atoms with Crippen molar-refractivity contribution < 1.29 is 8.42 Å². The Bertz CT molecular complexity index is 1200. The molecule has 0 unspecified atom stereocenters. The summed E-state index contributed by atoms with van der Waals surface area (Å²) in [6.45, 7) is 3.38. The molecule has 182 valence electrons. The number of nitrogens with zero attached hydrogens (tertiary/aromatic N) is 3. The van der Waals surface area contributed by atoms with Crippen molar-refractivity contribution >= 4 is 32.7 Å². The van der Waals surface area contributed by atoms with E-state index in [-0.39, 0.29) is 0 Å². The molecule has 0 amide bonds. The topological polar surface area (TPSA) is 87.2 Å². The zero-order chi connectivity index (χ0) is 24.1. The van der Waals surface area contributed by atoms with E-state index in [1.807, 2.05) is 55.4 Å². The summed E-state index contributed by atoms with van der Waals surface area (Å²) in [4.78, 5) is 11.8. The second-order valence-electron chi connectivity index (χ2n) is 9.40. The van der Waals surface area contributed by atoms with Gasteiger partial charge in [0.1, 0.15) is 5.82 Å². The van der Waals surface area contributed by atoms with Crippen LogP contribution in [0.25, 0.3) is 10.9 Å². The van der Waals surface area contributed by atoms with E-state index in [0.717, 1.165) is 60.9 Å². The summed E-state index contributed by atoms with van der Waals surface area (Å²) < 4.78 is 28.1. The lowest BCUT2D eigenvalue weighted by molar-refractivity contribution is 0.284. The van der Waals surface area contributed by atoms with Crippen molar-refractivity contribution in [2.75, 3.05) is 37.4 Å². The molecule has 1 aliphatic rings. The van der Waals surface area contributed by atoms with Gasteiger partial charge in [0.05, 0.1) is 10.4 Å². The molecule has 3 aromatic rings. The molecule has 8 heteroatoms. The van der Waals surface area contributed by atoms with Crippen molar-refractivity contribution in [2.45, 2.75) is 43.9 Å². The third-order valence-corrected chi connectivity index (χ3v) is 8.17. The molecule has 2 N–H and O–H groups in total. The fraction of sp³-hybridized carbons (Fsp3) is 0.462. The highest BCUT2D eigenvalue weighted by Crippen LogP contribution is 2.29. The number of sulfonamides is 1. The summed E-state index contributed by atoms with van der Waals surface area (Å²) in [6.07, 6.45) is 5.07. The smallest absolute Gasteiger partial charge is 0.240 e. The monoisotopic (exact) mass is 481 g/mol. The number of para-hydroxylation sites is 1. The first-order valence-corrected chi connectivity index (χ1v) is 13.6. The Labute approximate surface area is 203 Å². The second-order valence-corrected chi connectivity index (χ2v) is 11.2. The van der Waals surface area contributed by atoms with Crippen LogP contribution >= 0.6 is 0 Å². The van der Waals surface area contributed by atoms with Crippen LogP contribution < -0.4 is 14.9 Å². The molecule has 7 nitrogen and oxygen atoms in total. The first-order valence-electron chi connectivity index (χ1n) is 12.1. The average Bonchev–Trinajstić information content (AvgIpc) is 2.86. The highest BCUT2D eigenvalue weighted by atomic mass is 32.2. The van der Waals surface area contributed by atoms with Gasteiger partial charge in [0, 0.05) is 32.6 Å². The van der Waals surface area contributed by atoms with E-state index in [4.69, 9.17) is 4.98 Å². The van der Waals surface area contributed by atoms with E-state index in [9.17, 15) is 8.42 Å². The lowest BCUT2D eigenvalue weighted by Crippen LogP contribution is -2.32. The van der Waals surface area contributed by atoms with Gasteiger partial charge >= 0.3 is 0 Å². The van der Waals surface area contributed by atoms with Crippen LogP contribution in [-0.2, 0) is 16.4 Å². The van der Waals surface area contributed by atoms with Crippen LogP contribution in [0.2, 0.25) is 0 Å². The summed E-state index contributed by atoms with van der Waals surface area (Å²) in [7, 11) is 0.532. The quantitative estimate of drug-likeness (QED) is 0.469. The van der Waals surface area contributed by atoms with Gasteiger partial charge in [-0.1, -0.05) is 31.2 Å². The molecule has 34 heavy (non-hydrogen) atoms. The molecule has 0 saturated heterocycles. The Morgan fingerprint density at radius 2 is 1.56 bits per heavy atom. The third kappa shape index (κ3) is 5.85. The second kappa shape index (κ2) is 10.7. The molecule has 1 heterocycles. The van der Waals surface area contributed by atoms with Gasteiger partial charge in [0.15, 0.2) is 0 Å². The molecular formula is C26H35N5O2S. The SMILES string of the molecule is CCc1ccc(S(=O)(=O)NC[C@H]2CC[C@H](CNc3nc(N(C)C)c4ccccc4n3)CC2)cc1. The van der Waals surface area contributed by atoms with E-state index in [1.165, 1.54) is 0 Å². The predicted molar refractivity (Wildman–Crippen MR) is 139 cm³/mol. The van der Waals surface area contributed by atoms with Crippen LogP contribution in [0.5, 0.6) is 0 Å². The van der Waals surface area contributed by atoms with E-state index in [2.05, 4.69) is 21.9 Å². The number of hydrogen-bond donors (Lipinski definition) is 2. The average molecular weight is 482 g/mol. The van der Waals surface area contributed by atoms with Crippen molar-refractivity contribution in [1.82, 2.24) is 14.7 Å². The number of rotatable bonds is 9. The minimum absolute atomic E-state index is 0.343. The number of aromatic nitrogens is 2. The molecule has 0 bridgehead atoms. The fourth-order valence-electron chi connectivity index (χ4n) is 4.57. The summed E-state index contributed by atoms with van der Waals surface area (Å²) in [6, 6.07) is 15.2. The number of fused-ring (bicyclic) bond motifs is 1. The minimum Gasteiger partial charge on any atom is -0.362 e. The maximum atomic E-state index is 12.6. The molecule has 1 fully saturated rings. The zero-order valence-electron chi connectivity index (χ0n) is 20.3. The third-order valence-electron chi connectivity index (χ3n) is 6.73. The van der Waals surface area contributed by atoms with Gasteiger partial charge in [0.2, 0.25) is 16.0 Å². The Balaban J connectivity index is 1.27. The fourth-order valence-corrected chi connectivity index (χ4v) is 5.69. The van der Waals surface area contributed by atoms with Gasteiger partial charge in [-0.15, -0.1) is 0 Å². The zero-order valence-corrected chi connectivity index (χ0v) is 21.1. The van der Waals surface area contributed by atoms with E-state index in [1.54, 1.807) is 12.1 Å². The molecule has 1 aliphatic carbocycles. The Kier molecular flexibility index (Phi) is 7.68. The van der Waals surface area contributed by atoms with Gasteiger partial charge in [-0.2, -0.15) is 4.98 Å². The highest BCUT2D eigenvalue weighted by molar-refractivity contribution is 7.89. The van der Waals surface area contributed by atoms with Crippen molar-refractivity contribution in [2.24, 2.45) is 11.8 Å². The first-order chi connectivity index (χ1) is 16.4. The Morgan fingerprint density at radius 1 is 0.912 bits per heavy atom. The maximum Gasteiger partial charge on any atom is 0.240 e. The van der Waals surface area contributed by atoms with Gasteiger partial charge < -0.3 is 10.2 Å². The van der Waals surface area contributed by atoms with Crippen LogP contribution in [0.1, 0.15) is 38.2 Å². The molecule has 1 saturated carbocycles. The molecule has 0 aliphatic heterocycles. The van der Waals surface area contributed by atoms with Crippen LogP contribution in [0.3, 0.4) is 0 Å². The van der Waals surface area contributed by atoms with Crippen LogP contribution in [-0.4, -0.2) is 45.6 Å². The lowest BCUT2D eigenvalue weighted by atomic mass is 9.82. The first kappa shape index (κ1) is 24.4. The highest BCUT2D eigenvalue weighted by Gasteiger charge is 2.23. The Hall–Kier alpha value is -2.71. The minimum atomic E-state index is -3.46. The maximum absolute atomic E-state index is 12.6. The van der Waals surface area contributed by atoms with E-state index < -0.39 is 10.0 Å². The lowest BCUT2D eigenvalue weighted by Gasteiger charge is -2.28. The molecule has 4 rings (SSSR count). The summed E-state index contributed by atoms with van der Waals surface area (Å²) in [5.74, 6) is 2.48. The van der Waals surface area contributed by atoms with Crippen molar-refractivity contribution in [3.63, 3.8) is 0 Å². The normalized spacial score (nSPS) is 18.7. The Morgan fingerprint density at radius 3 is 2.21 bits per heavy atom. The predicted octanol–water partition coefficient (Wildman–Crippen LogP) is 4.46. The summed E-state index contributed by atoms with van der Waals surface area (Å²) in [5.41, 5.74) is 2.07. The molecular weight excluding hydrogens is 446 g/mol. The molecule has 1 aromatic heterocycles. The number of nitrogens with one attached hydrogen (secondary N) is 2. The summed E-state index contributed by atoms with van der Waals surface area (Å²) in [5, 5.41) is 4.49. The number of aryl methyl sites for hydroxylation is 1. The molecule has 0 radical (unpaired) electrons. The van der Waals surface area contributed by atoms with Gasteiger partial charge in [-0.3, -0.25) is 0 Å². The van der Waals surface area contributed by atoms with Gasteiger partial charge in [0.25, 0.3) is 0 Å². The summed E-state index contributed by atoms with van der Waals surface area (Å²) >= 11 is 0. The standard InChI is InChI=1S/C26H35N5O2S/c1-4-19-13-15-22(16-14-19)34(32,33)28-18-21-11-9-20(10-12-21)17-27-26-29-24-8-6-5-7-23(24)25(30-26)31(2)3/h5-8,13-16,20-21,28H,4,9-12,17-18H2,1-3H3,(H,27,29,30)/t20-,21-. The van der Waals surface area contributed by atoms with Crippen molar-refractivity contribution in [3.05, 3.63) is 54.1 Å². The number of anilines is 2. The van der Waals surface area contributed by atoms with Gasteiger partial charge in [-0.25, -0.2) is 18.1 Å². The number of benzene rings is 2. The van der Waals surface area contributed by atoms with Crippen LogP contribution in [0.4, 0.5) is 11.8 Å². The number of hydrogen-bond acceptors (Lipinski definition) is 6. The largest absolute Gasteiger partial charge is 0.362 e. The van der Waals surface area contributed by atoms with Gasteiger partial charge in [-0.05, 0) is 73.8 Å². The van der Waals surface area contributed by atoms with Crippen molar-refractivity contribution in [3.8, 4) is 0 Å². The van der Waals surface area contributed by atoms with Crippen molar-refractivity contribution in [1.29, 1.82) is 0 Å². The molecule has 2 aromatic carbocycles. The molecule has 0 atom stereocenters. The molecule has 0 spiro atoms. The van der Waals surface area contributed by atoms with Crippen LogP contribution in [0, 0.1) is 11.8 Å². The van der Waals surface area contributed by atoms with Crippen LogP contribution in [0.15, 0.2) is 53.4 Å². The van der Waals surface area contributed by atoms with E-state index >= 15 is 0 Å². The van der Waals surface area contributed by atoms with E-state index in [0.29, 0.717) is 29.2 Å².